The van der Waals surface area contributed by atoms with Crippen molar-refractivity contribution in [1.29, 1.82) is 5.53 Å². The Bertz CT molecular complexity index is 1130. The number of allylic oxidation sites excluding steroid dienone is 1. The van der Waals surface area contributed by atoms with Crippen molar-refractivity contribution >= 4 is 11.5 Å². The van der Waals surface area contributed by atoms with Crippen LogP contribution in [0.5, 0.6) is 5.75 Å². The fourth-order valence-corrected chi connectivity index (χ4v) is 2.55. The van der Waals surface area contributed by atoms with E-state index in [1.807, 2.05) is 13.8 Å². The van der Waals surface area contributed by atoms with Crippen LogP contribution in [0.4, 0.5) is 13.2 Å². The third-order valence-electron chi connectivity index (χ3n) is 3.91. The zero-order chi connectivity index (χ0) is 23.7. The monoisotopic (exact) mass is 445 g/mol. The van der Waals surface area contributed by atoms with Gasteiger partial charge >= 0.3 is 12.3 Å². The van der Waals surface area contributed by atoms with Gasteiger partial charge < -0.3 is 4.74 Å². The first-order valence-corrected chi connectivity index (χ1v) is 9.43. The third kappa shape index (κ3) is 6.71. The van der Waals surface area contributed by atoms with Crippen molar-refractivity contribution in [3.05, 3.63) is 66.5 Å². The summed E-state index contributed by atoms with van der Waals surface area (Å²) < 4.78 is 42.0. The molecular weight excluding hydrogens is 425 g/mol. The first-order valence-electron chi connectivity index (χ1n) is 9.43. The van der Waals surface area contributed by atoms with Gasteiger partial charge in [0.25, 0.3) is 0 Å². The number of benzene rings is 2. The molecular formula is C21H20F3N6O2+. The summed E-state index contributed by atoms with van der Waals surface area (Å²) in [6.07, 6.45) is -2.04. The van der Waals surface area contributed by atoms with Crippen LogP contribution in [0.3, 0.4) is 0 Å². The lowest BCUT2D eigenvalue weighted by Gasteiger charge is -2.09. The number of rotatable bonds is 5. The van der Waals surface area contributed by atoms with Crippen molar-refractivity contribution in [2.75, 3.05) is 0 Å². The minimum atomic E-state index is -4.75. The average molecular weight is 445 g/mol. The Morgan fingerprint density at radius 1 is 1.12 bits per heavy atom. The maximum Gasteiger partial charge on any atom is 0.573 e. The lowest BCUT2D eigenvalue weighted by molar-refractivity contribution is -0.274. The predicted molar refractivity (Wildman–Crippen MR) is 111 cm³/mol. The minimum Gasteiger partial charge on any atom is -0.406 e. The molecule has 0 aliphatic carbocycles. The smallest absolute Gasteiger partial charge is 0.406 e. The fraction of sp³-hybridized carbons (Fsp3) is 0.190. The van der Waals surface area contributed by atoms with Gasteiger partial charge in [0.1, 0.15) is 17.6 Å². The van der Waals surface area contributed by atoms with E-state index in [-0.39, 0.29) is 5.75 Å². The molecule has 3 aromatic rings. The number of carbonyl (C=O) groups is 1. The van der Waals surface area contributed by atoms with Gasteiger partial charge in [-0.2, -0.15) is 0 Å². The number of halogens is 3. The molecule has 0 saturated carbocycles. The number of carbonyl (C=O) groups excluding carboxylic acids is 1. The van der Waals surface area contributed by atoms with Gasteiger partial charge in [0.2, 0.25) is 10.0 Å². The van der Waals surface area contributed by atoms with Crippen molar-refractivity contribution in [3.8, 4) is 22.8 Å². The predicted octanol–water partition coefficient (Wildman–Crippen LogP) is 5.34. The standard InChI is InChI=1S/C19H14F3N6O2.C2H6/c1-12(10-17(29)25-27-23)13-2-4-14(5-3-13)18-24-11-28(26-18)15-6-8-16(9-7-15)30-19(20,21)22;1-2/h2-11,23H,1H3;1-2H3/q+1;/b12-10+;. The second kappa shape index (κ2) is 10.8. The maximum absolute atomic E-state index is 12.2. The Labute approximate surface area is 181 Å². The van der Waals surface area contributed by atoms with Crippen LogP contribution in [-0.2, 0) is 4.79 Å². The van der Waals surface area contributed by atoms with E-state index in [9.17, 15) is 18.0 Å². The van der Waals surface area contributed by atoms with Crippen molar-refractivity contribution < 1.29 is 22.7 Å². The summed E-state index contributed by atoms with van der Waals surface area (Å²) in [7, 11) is 0. The van der Waals surface area contributed by atoms with Crippen molar-refractivity contribution in [1.82, 2.24) is 19.7 Å². The summed E-state index contributed by atoms with van der Waals surface area (Å²) >= 11 is 0. The Morgan fingerprint density at radius 3 is 2.31 bits per heavy atom. The molecule has 1 aromatic heterocycles. The molecule has 0 unspecified atom stereocenters. The van der Waals surface area contributed by atoms with Crippen molar-refractivity contribution in [2.24, 2.45) is 5.11 Å². The molecule has 0 saturated heterocycles. The third-order valence-corrected chi connectivity index (χ3v) is 3.91. The van der Waals surface area contributed by atoms with Gasteiger partial charge in [0.05, 0.1) is 5.69 Å². The van der Waals surface area contributed by atoms with Gasteiger partial charge in [-0.3, -0.25) is 4.79 Å². The molecule has 1 N–H and O–H groups in total. The van der Waals surface area contributed by atoms with Gasteiger partial charge in [0.15, 0.2) is 5.82 Å². The molecule has 1 amide bonds. The molecule has 0 bridgehead atoms. The number of alkyl halides is 3. The van der Waals surface area contributed by atoms with E-state index in [2.05, 4.69) is 24.8 Å². The topological polar surface area (TPSA) is 107 Å². The number of nitrogens with zero attached hydrogens (tertiary/aromatic N) is 5. The molecule has 2 aromatic carbocycles. The lowest BCUT2D eigenvalue weighted by Crippen LogP contribution is -2.17. The molecule has 1 heterocycles. The Kier molecular flexibility index (Phi) is 8.14. The molecule has 0 aliphatic rings. The van der Waals surface area contributed by atoms with E-state index in [1.165, 1.54) is 41.4 Å². The van der Waals surface area contributed by atoms with Crippen LogP contribution in [0, 0.1) is 5.53 Å². The fourth-order valence-electron chi connectivity index (χ4n) is 2.55. The lowest BCUT2D eigenvalue weighted by atomic mass is 10.0. The Morgan fingerprint density at radius 2 is 1.75 bits per heavy atom. The number of aromatic nitrogens is 3. The second-order valence-corrected chi connectivity index (χ2v) is 6.00. The summed E-state index contributed by atoms with van der Waals surface area (Å²) in [4.78, 5) is 18.3. The molecule has 0 atom stereocenters. The summed E-state index contributed by atoms with van der Waals surface area (Å²) in [5.74, 6) is -0.537. The largest absolute Gasteiger partial charge is 0.573 e. The summed E-state index contributed by atoms with van der Waals surface area (Å²) in [5, 5.41) is 7.43. The molecule has 8 nitrogen and oxygen atoms in total. The molecule has 0 spiro atoms. The Balaban J connectivity index is 0.00000176. The number of hydrogen-bond acceptors (Lipinski definition) is 5. The van der Waals surface area contributed by atoms with Crippen molar-refractivity contribution in [2.45, 2.75) is 27.1 Å². The molecule has 0 fully saturated rings. The van der Waals surface area contributed by atoms with Crippen LogP contribution in [-0.4, -0.2) is 27.0 Å². The quantitative estimate of drug-likeness (QED) is 0.325. The van der Waals surface area contributed by atoms with Crippen LogP contribution in [0.1, 0.15) is 26.3 Å². The number of nitrogens with one attached hydrogen (secondary N) is 1. The van der Waals surface area contributed by atoms with Crippen LogP contribution in [0.2, 0.25) is 0 Å². The van der Waals surface area contributed by atoms with Crippen LogP contribution >= 0.6 is 0 Å². The van der Waals surface area contributed by atoms with E-state index in [1.54, 1.807) is 31.2 Å². The summed E-state index contributed by atoms with van der Waals surface area (Å²) in [6.45, 7) is 5.73. The van der Waals surface area contributed by atoms with Gasteiger partial charge in [-0.15, -0.1) is 18.3 Å². The highest BCUT2D eigenvalue weighted by atomic mass is 19.4. The number of ether oxygens (including phenoxy) is 1. The van der Waals surface area contributed by atoms with Gasteiger partial charge in [-0.05, 0) is 42.3 Å². The van der Waals surface area contributed by atoms with Crippen LogP contribution < -0.4 is 9.65 Å². The van der Waals surface area contributed by atoms with E-state index in [0.29, 0.717) is 22.6 Å². The van der Waals surface area contributed by atoms with Crippen LogP contribution in [0.15, 0.2) is 66.0 Å². The van der Waals surface area contributed by atoms with Gasteiger partial charge in [0, 0.05) is 11.6 Å². The number of amides is 1. The molecule has 166 valence electrons. The zero-order valence-corrected chi connectivity index (χ0v) is 17.5. The first kappa shape index (κ1) is 24.2. The highest BCUT2D eigenvalue weighted by molar-refractivity contribution is 5.95. The molecule has 11 heteroatoms. The zero-order valence-electron chi connectivity index (χ0n) is 17.5. The van der Waals surface area contributed by atoms with Crippen molar-refractivity contribution in [3.63, 3.8) is 0 Å². The van der Waals surface area contributed by atoms with E-state index >= 15 is 0 Å². The van der Waals surface area contributed by atoms with Crippen LogP contribution in [0.25, 0.3) is 22.6 Å². The summed E-state index contributed by atoms with van der Waals surface area (Å²) in [6, 6.07) is 12.3. The maximum atomic E-state index is 12.2. The van der Waals surface area contributed by atoms with E-state index in [4.69, 9.17) is 5.53 Å². The normalized spacial score (nSPS) is 11.1. The van der Waals surface area contributed by atoms with Gasteiger partial charge in [-0.25, -0.2) is 9.67 Å². The Hall–Kier alpha value is -4.11. The first-order chi connectivity index (χ1) is 15.2. The molecule has 3 rings (SSSR count). The summed E-state index contributed by atoms with van der Waals surface area (Å²) in [5.41, 5.74) is 9.20. The molecule has 32 heavy (non-hydrogen) atoms. The molecule has 0 radical (unpaired) electrons. The number of hydrogen-bond donors (Lipinski definition) is 1. The second-order valence-electron chi connectivity index (χ2n) is 6.00. The SMILES string of the molecule is C/C(=C\C(=O)N=[N+]=N)c1ccc(-c2ncn(-c3ccc(OC(F)(F)F)cc3)n2)cc1.CC. The average Bonchev–Trinajstić information content (AvgIpc) is 3.25. The highest BCUT2D eigenvalue weighted by Gasteiger charge is 2.31. The minimum absolute atomic E-state index is 0.326. The highest BCUT2D eigenvalue weighted by Crippen LogP contribution is 2.24. The molecule has 0 aliphatic heterocycles. The van der Waals surface area contributed by atoms with E-state index < -0.39 is 12.3 Å². The van der Waals surface area contributed by atoms with E-state index in [0.717, 1.165) is 5.56 Å². The van der Waals surface area contributed by atoms with Gasteiger partial charge in [-0.1, -0.05) is 38.1 Å².